The molecule has 0 radical (unpaired) electrons. The van der Waals surface area contributed by atoms with Crippen molar-refractivity contribution < 1.29 is 9.59 Å². The Morgan fingerprint density at radius 2 is 1.69 bits per heavy atom. The van der Waals surface area contributed by atoms with Gasteiger partial charge in [-0.3, -0.25) is 9.59 Å². The number of nitrogens with one attached hydrogen (secondary N) is 1. The fourth-order valence-corrected chi connectivity index (χ4v) is 3.41. The second kappa shape index (κ2) is 12.3. The van der Waals surface area contributed by atoms with Crippen LogP contribution in [0.1, 0.15) is 44.2 Å². The molecule has 1 atom stereocenters. The van der Waals surface area contributed by atoms with Crippen LogP contribution < -0.4 is 5.32 Å². The van der Waals surface area contributed by atoms with E-state index < -0.39 is 6.04 Å². The third-order valence-electron chi connectivity index (χ3n) is 4.97. The Bertz CT molecular complexity index is 762. The van der Waals surface area contributed by atoms with Crippen molar-refractivity contribution in [1.82, 2.24) is 10.2 Å². The van der Waals surface area contributed by atoms with Crippen molar-refractivity contribution >= 4 is 23.4 Å². The van der Waals surface area contributed by atoms with Crippen molar-refractivity contribution in [1.29, 1.82) is 0 Å². The molecule has 2 amide bonds. The molecular weight excluding hydrogens is 384 g/mol. The molecule has 0 bridgehead atoms. The Balaban J connectivity index is 2.14. The number of carbonyl (C=O) groups excluding carboxylic acids is 2. The quantitative estimate of drug-likeness (QED) is 0.544. The minimum absolute atomic E-state index is 0.0410. The van der Waals surface area contributed by atoms with Gasteiger partial charge in [0, 0.05) is 18.1 Å². The van der Waals surface area contributed by atoms with Crippen LogP contribution in [0.25, 0.3) is 0 Å². The van der Waals surface area contributed by atoms with Gasteiger partial charge in [-0.1, -0.05) is 74.3 Å². The molecule has 29 heavy (non-hydrogen) atoms. The van der Waals surface area contributed by atoms with Crippen LogP contribution in [0.2, 0.25) is 5.02 Å². The lowest BCUT2D eigenvalue weighted by molar-refractivity contribution is -0.140. The third kappa shape index (κ3) is 7.54. The van der Waals surface area contributed by atoms with Crippen LogP contribution >= 0.6 is 11.6 Å². The minimum Gasteiger partial charge on any atom is -0.354 e. The third-order valence-corrected chi connectivity index (χ3v) is 5.22. The Kier molecular flexibility index (Phi) is 9.72. The first kappa shape index (κ1) is 23.0. The van der Waals surface area contributed by atoms with Gasteiger partial charge < -0.3 is 10.2 Å². The molecule has 0 aliphatic carbocycles. The first-order chi connectivity index (χ1) is 14.0. The van der Waals surface area contributed by atoms with Crippen molar-refractivity contribution in [3.05, 3.63) is 70.7 Å². The molecule has 0 spiro atoms. The summed E-state index contributed by atoms with van der Waals surface area (Å²) in [7, 11) is 0. The molecule has 0 aliphatic heterocycles. The van der Waals surface area contributed by atoms with E-state index in [1.165, 1.54) is 0 Å². The molecule has 0 aromatic heterocycles. The first-order valence-corrected chi connectivity index (χ1v) is 10.8. The lowest BCUT2D eigenvalue weighted by Gasteiger charge is -2.30. The summed E-state index contributed by atoms with van der Waals surface area (Å²) in [5, 5.41) is 3.63. The predicted molar refractivity (Wildman–Crippen MR) is 119 cm³/mol. The number of hydrogen-bond donors (Lipinski definition) is 1. The Morgan fingerprint density at radius 3 is 2.31 bits per heavy atom. The van der Waals surface area contributed by atoms with Crippen LogP contribution in [-0.4, -0.2) is 35.8 Å². The van der Waals surface area contributed by atoms with Crippen molar-refractivity contribution in [2.24, 2.45) is 0 Å². The number of carbonyl (C=O) groups is 2. The van der Waals surface area contributed by atoms with Crippen LogP contribution in [0.15, 0.2) is 54.6 Å². The van der Waals surface area contributed by atoms with E-state index >= 15 is 0 Å². The number of benzene rings is 2. The summed E-state index contributed by atoms with van der Waals surface area (Å²) in [4.78, 5) is 27.7. The smallest absolute Gasteiger partial charge is 0.242 e. The van der Waals surface area contributed by atoms with E-state index in [4.69, 9.17) is 11.6 Å². The van der Waals surface area contributed by atoms with E-state index in [1.54, 1.807) is 17.0 Å². The Morgan fingerprint density at radius 1 is 1.00 bits per heavy atom. The standard InChI is InChI=1S/C24H31ClN2O2/c1-3-5-16-26-24(29)22(4-2)27(17-15-19-9-7-6-8-10-19)23(28)18-20-11-13-21(25)14-12-20/h6-14,22H,3-5,15-18H2,1-2H3,(H,26,29)/t22-/m1/s1. The summed E-state index contributed by atoms with van der Waals surface area (Å²) >= 11 is 5.95. The highest BCUT2D eigenvalue weighted by atomic mass is 35.5. The van der Waals surface area contributed by atoms with Gasteiger partial charge in [0.05, 0.1) is 6.42 Å². The van der Waals surface area contributed by atoms with Crippen molar-refractivity contribution in [3.8, 4) is 0 Å². The molecule has 1 N–H and O–H groups in total. The molecular formula is C24H31ClN2O2. The molecule has 156 valence electrons. The molecule has 0 unspecified atom stereocenters. The summed E-state index contributed by atoms with van der Waals surface area (Å²) in [6.07, 6.45) is 3.50. The highest BCUT2D eigenvalue weighted by Gasteiger charge is 2.28. The molecule has 0 heterocycles. The summed E-state index contributed by atoms with van der Waals surface area (Å²) in [6.45, 7) is 5.19. The normalized spacial score (nSPS) is 11.7. The molecule has 0 saturated carbocycles. The Labute approximate surface area is 179 Å². The van der Waals surface area contributed by atoms with E-state index in [1.807, 2.05) is 49.4 Å². The molecule has 2 aromatic carbocycles. The number of amides is 2. The fraction of sp³-hybridized carbons (Fsp3) is 0.417. The van der Waals surface area contributed by atoms with E-state index in [0.29, 0.717) is 31.0 Å². The summed E-state index contributed by atoms with van der Waals surface area (Å²) in [5.74, 6) is -0.112. The lowest BCUT2D eigenvalue weighted by atomic mass is 10.1. The van der Waals surface area contributed by atoms with E-state index in [-0.39, 0.29) is 18.2 Å². The van der Waals surface area contributed by atoms with Crippen LogP contribution in [0.3, 0.4) is 0 Å². The molecule has 4 nitrogen and oxygen atoms in total. The average molecular weight is 415 g/mol. The van der Waals surface area contributed by atoms with Gasteiger partial charge in [0.2, 0.25) is 11.8 Å². The van der Waals surface area contributed by atoms with Crippen molar-refractivity contribution in [2.75, 3.05) is 13.1 Å². The van der Waals surface area contributed by atoms with Gasteiger partial charge in [0.15, 0.2) is 0 Å². The first-order valence-electron chi connectivity index (χ1n) is 10.4. The number of nitrogens with zero attached hydrogens (tertiary/aromatic N) is 1. The van der Waals surface area contributed by atoms with Crippen LogP contribution in [-0.2, 0) is 22.4 Å². The lowest BCUT2D eigenvalue weighted by Crippen LogP contribution is -2.50. The summed E-state index contributed by atoms with van der Waals surface area (Å²) < 4.78 is 0. The van der Waals surface area contributed by atoms with Gasteiger partial charge in [-0.2, -0.15) is 0 Å². The average Bonchev–Trinajstić information content (AvgIpc) is 2.73. The highest BCUT2D eigenvalue weighted by Crippen LogP contribution is 2.14. The zero-order valence-electron chi connectivity index (χ0n) is 17.4. The number of halogens is 1. The highest BCUT2D eigenvalue weighted by molar-refractivity contribution is 6.30. The predicted octanol–water partition coefficient (Wildman–Crippen LogP) is 4.65. The van der Waals surface area contributed by atoms with Crippen LogP contribution in [0.4, 0.5) is 0 Å². The van der Waals surface area contributed by atoms with Crippen LogP contribution in [0, 0.1) is 0 Å². The molecule has 2 rings (SSSR count). The zero-order valence-corrected chi connectivity index (χ0v) is 18.1. The van der Waals surface area contributed by atoms with Gasteiger partial charge in [0.1, 0.15) is 6.04 Å². The molecule has 0 saturated heterocycles. The number of hydrogen-bond acceptors (Lipinski definition) is 2. The maximum absolute atomic E-state index is 13.2. The monoisotopic (exact) mass is 414 g/mol. The number of rotatable bonds is 11. The zero-order chi connectivity index (χ0) is 21.1. The topological polar surface area (TPSA) is 49.4 Å². The van der Waals surface area contributed by atoms with Crippen molar-refractivity contribution in [3.63, 3.8) is 0 Å². The van der Waals surface area contributed by atoms with E-state index in [9.17, 15) is 9.59 Å². The fourth-order valence-electron chi connectivity index (χ4n) is 3.28. The second-order valence-electron chi connectivity index (χ2n) is 7.19. The maximum Gasteiger partial charge on any atom is 0.242 e. The van der Waals surface area contributed by atoms with Gasteiger partial charge in [-0.05, 0) is 42.5 Å². The summed E-state index contributed by atoms with van der Waals surface area (Å²) in [5.41, 5.74) is 2.04. The van der Waals surface area contributed by atoms with Crippen LogP contribution in [0.5, 0.6) is 0 Å². The Hall–Kier alpha value is -2.33. The largest absolute Gasteiger partial charge is 0.354 e. The van der Waals surface area contributed by atoms with Gasteiger partial charge in [-0.25, -0.2) is 0 Å². The maximum atomic E-state index is 13.2. The minimum atomic E-state index is -0.463. The SMILES string of the molecule is CCCCNC(=O)[C@@H](CC)N(CCc1ccccc1)C(=O)Cc1ccc(Cl)cc1. The van der Waals surface area contributed by atoms with Crippen molar-refractivity contribution in [2.45, 2.75) is 52.0 Å². The van der Waals surface area contributed by atoms with Gasteiger partial charge in [0.25, 0.3) is 0 Å². The van der Waals surface area contributed by atoms with E-state index in [0.717, 1.165) is 24.0 Å². The molecule has 5 heteroatoms. The van der Waals surface area contributed by atoms with Gasteiger partial charge >= 0.3 is 0 Å². The van der Waals surface area contributed by atoms with E-state index in [2.05, 4.69) is 12.2 Å². The molecule has 0 fully saturated rings. The summed E-state index contributed by atoms with van der Waals surface area (Å²) in [6, 6.07) is 16.9. The number of unbranched alkanes of at least 4 members (excludes halogenated alkanes) is 1. The second-order valence-corrected chi connectivity index (χ2v) is 7.63. The van der Waals surface area contributed by atoms with Gasteiger partial charge in [-0.15, -0.1) is 0 Å². The molecule has 2 aromatic rings. The molecule has 0 aliphatic rings.